The van der Waals surface area contributed by atoms with Gasteiger partial charge in [-0.1, -0.05) is 123 Å². The van der Waals surface area contributed by atoms with Crippen molar-refractivity contribution in [2.45, 2.75) is 117 Å². The Hall–Kier alpha value is -1.51. The molecule has 0 atom stereocenters. The molecule has 3 nitrogen and oxygen atoms in total. The zero-order valence-electron chi connectivity index (χ0n) is 23.5. The lowest BCUT2D eigenvalue weighted by Crippen LogP contribution is -2.05. The molecule has 3 rings (SSSR count). The van der Waals surface area contributed by atoms with Crippen LogP contribution >= 0.6 is 23.1 Å². The largest absolute Gasteiger partial charge is 0.302 e. The zero-order valence-corrected chi connectivity index (χ0v) is 25.2. The predicted molar refractivity (Wildman–Crippen MR) is 165 cm³/mol. The third-order valence-corrected chi connectivity index (χ3v) is 7.83. The minimum atomic E-state index is -0.0657. The fourth-order valence-corrected chi connectivity index (χ4v) is 5.63. The molecular formula is C31H52N2OS2. The van der Waals surface area contributed by atoms with E-state index >= 15 is 0 Å². The number of thioether (sulfide) groups is 1. The summed E-state index contributed by atoms with van der Waals surface area (Å²) >= 11 is 3.30. The molecule has 5 heteroatoms. The Morgan fingerprint density at radius 2 is 1.83 bits per heavy atom. The quantitative estimate of drug-likeness (QED) is 0.267. The molecule has 1 N–H and O–H groups in total. The molecule has 0 radical (unpaired) electrons. The maximum atomic E-state index is 10.7. The van der Waals surface area contributed by atoms with Crippen LogP contribution in [0.2, 0.25) is 0 Å². The standard InChI is InChI=1S/C9H18.C8H12N2OS2.C7H14.C7H8/c1-2-6-9-7-4-3-5-8-9;1-3-12-4-7-5-13-8(10-7)9-6(2)11;1-7-5-3-2-4-6-7;1-3-5-7-6-4-2/h9H,2-8H2,1H3;5H,3-4H2,1-2H3,(H,9,10,11);7H,2-6H2,1H3;1,4,6-7H,2,5H2/b;;;7-6-. The van der Waals surface area contributed by atoms with Crippen molar-refractivity contribution in [2.75, 3.05) is 11.1 Å². The molecule has 204 valence electrons. The molecule has 1 amide bonds. The maximum Gasteiger partial charge on any atom is 0.223 e. The highest BCUT2D eigenvalue weighted by Gasteiger charge is 2.11. The van der Waals surface area contributed by atoms with Gasteiger partial charge in [-0.3, -0.25) is 4.79 Å². The minimum absolute atomic E-state index is 0.0657. The Kier molecular flexibility index (Phi) is 24.1. The molecule has 2 fully saturated rings. The number of hydrogen-bond donors (Lipinski definition) is 1. The van der Waals surface area contributed by atoms with E-state index in [9.17, 15) is 4.79 Å². The van der Waals surface area contributed by atoms with Crippen LogP contribution < -0.4 is 5.32 Å². The van der Waals surface area contributed by atoms with E-state index in [1.165, 1.54) is 95.3 Å². The molecule has 0 saturated heterocycles. The van der Waals surface area contributed by atoms with Gasteiger partial charge in [0.25, 0.3) is 0 Å². The van der Waals surface area contributed by atoms with Crippen molar-refractivity contribution in [3.63, 3.8) is 0 Å². The van der Waals surface area contributed by atoms with Crippen LogP contribution in [0.3, 0.4) is 0 Å². The van der Waals surface area contributed by atoms with Gasteiger partial charge in [-0.15, -0.1) is 23.7 Å². The van der Waals surface area contributed by atoms with E-state index in [-0.39, 0.29) is 5.91 Å². The van der Waals surface area contributed by atoms with Crippen LogP contribution in [0, 0.1) is 24.2 Å². The van der Waals surface area contributed by atoms with Crippen LogP contribution in [0.1, 0.15) is 117 Å². The van der Waals surface area contributed by atoms with Gasteiger partial charge in [0.1, 0.15) is 0 Å². The number of anilines is 1. The smallest absolute Gasteiger partial charge is 0.223 e. The summed E-state index contributed by atoms with van der Waals surface area (Å²) in [6.45, 7) is 11.7. The summed E-state index contributed by atoms with van der Waals surface area (Å²) in [6.07, 6.45) is 28.9. The predicted octanol–water partition coefficient (Wildman–Crippen LogP) is 10.1. The van der Waals surface area contributed by atoms with Crippen molar-refractivity contribution in [1.29, 1.82) is 0 Å². The molecule has 0 spiro atoms. The molecule has 36 heavy (non-hydrogen) atoms. The number of carbonyl (C=O) groups excluding carboxylic acids is 1. The summed E-state index contributed by atoms with van der Waals surface area (Å²) in [5, 5.41) is 5.33. The van der Waals surface area contributed by atoms with Gasteiger partial charge in [0.15, 0.2) is 5.13 Å². The van der Waals surface area contributed by atoms with E-state index < -0.39 is 0 Å². The van der Waals surface area contributed by atoms with E-state index in [0.717, 1.165) is 29.0 Å². The first-order chi connectivity index (χ1) is 17.5. The Morgan fingerprint density at radius 1 is 1.19 bits per heavy atom. The average molecular weight is 533 g/mol. The molecule has 2 aliphatic carbocycles. The Balaban J connectivity index is 0.000000471. The molecule has 0 unspecified atom stereocenters. The van der Waals surface area contributed by atoms with E-state index in [1.807, 2.05) is 29.3 Å². The number of nitrogens with one attached hydrogen (secondary N) is 1. The summed E-state index contributed by atoms with van der Waals surface area (Å²) in [7, 11) is 0. The number of amides is 1. The number of hydrogen-bond acceptors (Lipinski definition) is 4. The summed E-state index contributed by atoms with van der Waals surface area (Å²) in [4.78, 5) is 14.9. The van der Waals surface area contributed by atoms with Crippen LogP contribution in [0.5, 0.6) is 0 Å². The Labute approximate surface area is 231 Å². The normalized spacial score (nSPS) is 15.8. The van der Waals surface area contributed by atoms with Crippen molar-refractivity contribution in [1.82, 2.24) is 4.98 Å². The number of carbonyl (C=O) groups is 1. The SMILES string of the molecule is C#CC/C=C\C=C.CC1CCCCC1.CCCC1CCCCC1.CCSCc1csc(NC(C)=O)n1. The van der Waals surface area contributed by atoms with Crippen LogP contribution in [0.25, 0.3) is 0 Å². The van der Waals surface area contributed by atoms with Gasteiger partial charge in [-0.05, 0) is 17.6 Å². The van der Waals surface area contributed by atoms with Crippen LogP contribution in [-0.4, -0.2) is 16.6 Å². The van der Waals surface area contributed by atoms with E-state index in [4.69, 9.17) is 6.42 Å². The summed E-state index contributed by atoms with van der Waals surface area (Å²) in [6, 6.07) is 0. The number of thiazole rings is 1. The highest BCUT2D eigenvalue weighted by molar-refractivity contribution is 7.98. The number of terminal acetylenes is 1. The summed E-state index contributed by atoms with van der Waals surface area (Å²) in [5.41, 5.74) is 1.04. The molecule has 0 aromatic carbocycles. The van der Waals surface area contributed by atoms with Gasteiger partial charge in [0, 0.05) is 24.5 Å². The lowest BCUT2D eigenvalue weighted by molar-refractivity contribution is -0.114. The molecule has 1 aromatic rings. The van der Waals surface area contributed by atoms with Crippen LogP contribution in [-0.2, 0) is 10.5 Å². The highest BCUT2D eigenvalue weighted by Crippen LogP contribution is 2.26. The summed E-state index contributed by atoms with van der Waals surface area (Å²) < 4.78 is 0. The Bertz CT molecular complexity index is 720. The van der Waals surface area contributed by atoms with E-state index in [0.29, 0.717) is 11.6 Å². The van der Waals surface area contributed by atoms with Crippen LogP contribution in [0.15, 0.2) is 30.2 Å². The molecule has 0 aliphatic heterocycles. The lowest BCUT2D eigenvalue weighted by atomic mass is 9.86. The maximum absolute atomic E-state index is 10.7. The Morgan fingerprint density at radius 3 is 2.31 bits per heavy atom. The number of aromatic nitrogens is 1. The van der Waals surface area contributed by atoms with E-state index in [2.05, 4.69) is 43.6 Å². The van der Waals surface area contributed by atoms with Crippen LogP contribution in [0.4, 0.5) is 5.13 Å². The van der Waals surface area contributed by atoms with E-state index in [1.54, 1.807) is 6.08 Å². The van der Waals surface area contributed by atoms with Gasteiger partial charge >= 0.3 is 0 Å². The molecule has 2 aliphatic rings. The van der Waals surface area contributed by atoms with Gasteiger partial charge in [0.05, 0.1) is 5.69 Å². The third-order valence-electron chi connectivity index (χ3n) is 6.11. The lowest BCUT2D eigenvalue weighted by Gasteiger charge is -2.20. The number of rotatable bonds is 8. The topological polar surface area (TPSA) is 42.0 Å². The molecule has 1 heterocycles. The van der Waals surface area contributed by atoms with Crippen molar-refractivity contribution in [3.05, 3.63) is 35.9 Å². The first-order valence-corrected chi connectivity index (χ1v) is 16.0. The second-order valence-corrected chi connectivity index (χ2v) is 11.7. The molecular weight excluding hydrogens is 480 g/mol. The van der Waals surface area contributed by atoms with Gasteiger partial charge in [-0.2, -0.15) is 11.8 Å². The second kappa shape index (κ2) is 25.2. The van der Waals surface area contributed by atoms with Crippen molar-refractivity contribution in [2.24, 2.45) is 11.8 Å². The van der Waals surface area contributed by atoms with Gasteiger partial charge < -0.3 is 5.32 Å². The molecule has 2 saturated carbocycles. The monoisotopic (exact) mass is 532 g/mol. The molecule has 1 aromatic heterocycles. The number of allylic oxidation sites excluding steroid dienone is 3. The highest BCUT2D eigenvalue weighted by atomic mass is 32.2. The fraction of sp³-hybridized carbons (Fsp3) is 0.677. The second-order valence-electron chi connectivity index (χ2n) is 9.57. The zero-order chi connectivity index (χ0) is 26.9. The fourth-order valence-electron chi connectivity index (χ4n) is 4.21. The van der Waals surface area contributed by atoms with Crippen molar-refractivity contribution >= 4 is 34.1 Å². The first-order valence-electron chi connectivity index (χ1n) is 14.0. The first kappa shape index (κ1) is 34.5. The average Bonchev–Trinajstić information content (AvgIpc) is 3.32. The minimum Gasteiger partial charge on any atom is -0.302 e. The van der Waals surface area contributed by atoms with Crippen molar-refractivity contribution in [3.8, 4) is 12.3 Å². The third kappa shape index (κ3) is 21.7. The molecule has 0 bridgehead atoms. The van der Waals surface area contributed by atoms with Gasteiger partial charge in [0.2, 0.25) is 5.91 Å². The number of nitrogens with zero attached hydrogens (tertiary/aromatic N) is 1. The van der Waals surface area contributed by atoms with Gasteiger partial charge in [-0.25, -0.2) is 4.98 Å². The summed E-state index contributed by atoms with van der Waals surface area (Å²) in [5.74, 6) is 6.55. The van der Waals surface area contributed by atoms with Crippen molar-refractivity contribution < 1.29 is 4.79 Å².